The summed E-state index contributed by atoms with van der Waals surface area (Å²) in [5.41, 5.74) is 7.12. The number of nitrogen functional groups attached to an aromatic ring is 1. The van der Waals surface area contributed by atoms with Crippen LogP contribution in [0, 0.1) is 5.92 Å². The van der Waals surface area contributed by atoms with Gasteiger partial charge in [-0.25, -0.2) is 0 Å². The van der Waals surface area contributed by atoms with Gasteiger partial charge >= 0.3 is 0 Å². The van der Waals surface area contributed by atoms with Crippen molar-refractivity contribution < 1.29 is 4.79 Å². The van der Waals surface area contributed by atoms with E-state index in [1.807, 2.05) is 18.2 Å². The molecule has 1 aliphatic carbocycles. The molecule has 86 valence electrons. The molecule has 0 spiro atoms. The Labute approximate surface area is 96.8 Å². The summed E-state index contributed by atoms with van der Waals surface area (Å²) in [6.45, 7) is 0. The van der Waals surface area contributed by atoms with Gasteiger partial charge in [0.15, 0.2) is 5.78 Å². The van der Waals surface area contributed by atoms with Gasteiger partial charge in [0.2, 0.25) is 0 Å². The summed E-state index contributed by atoms with van der Waals surface area (Å²) >= 11 is 0. The van der Waals surface area contributed by atoms with Gasteiger partial charge in [-0.05, 0) is 18.1 Å². The average molecular weight is 217 g/mol. The Morgan fingerprint density at radius 2 is 1.88 bits per heavy atom. The first-order valence-electron chi connectivity index (χ1n) is 6.15. The molecule has 2 rings (SSSR count). The lowest BCUT2D eigenvalue weighted by atomic mass is 9.84. The molecule has 2 N–H and O–H groups in total. The zero-order valence-corrected chi connectivity index (χ0v) is 9.61. The van der Waals surface area contributed by atoms with Gasteiger partial charge in [-0.1, -0.05) is 44.2 Å². The Morgan fingerprint density at radius 3 is 2.56 bits per heavy atom. The van der Waals surface area contributed by atoms with Crippen LogP contribution in [0.5, 0.6) is 0 Å². The molecule has 2 heteroatoms. The second-order valence-electron chi connectivity index (χ2n) is 4.72. The highest BCUT2D eigenvalue weighted by Crippen LogP contribution is 2.28. The number of ketones is 1. The van der Waals surface area contributed by atoms with Gasteiger partial charge in [0.05, 0.1) is 0 Å². The molecule has 1 aliphatic rings. The maximum atomic E-state index is 12.1. The van der Waals surface area contributed by atoms with Crippen LogP contribution in [-0.4, -0.2) is 5.78 Å². The Hall–Kier alpha value is -1.31. The fourth-order valence-corrected chi connectivity index (χ4v) is 2.51. The monoisotopic (exact) mass is 217 g/mol. The summed E-state index contributed by atoms with van der Waals surface area (Å²) in [5, 5.41) is 0. The van der Waals surface area contributed by atoms with Gasteiger partial charge in [0.25, 0.3) is 0 Å². The number of rotatable bonds is 3. The van der Waals surface area contributed by atoms with Gasteiger partial charge < -0.3 is 5.73 Å². The minimum atomic E-state index is 0.213. The third-order valence-corrected chi connectivity index (χ3v) is 3.46. The summed E-state index contributed by atoms with van der Waals surface area (Å²) in [6.07, 6.45) is 6.98. The Kier molecular flexibility index (Phi) is 3.60. The molecule has 2 nitrogen and oxygen atoms in total. The topological polar surface area (TPSA) is 43.1 Å². The lowest BCUT2D eigenvalue weighted by Crippen LogP contribution is -2.13. The van der Waals surface area contributed by atoms with Gasteiger partial charge in [-0.3, -0.25) is 4.79 Å². The average Bonchev–Trinajstić information content (AvgIpc) is 2.31. The second-order valence-corrected chi connectivity index (χ2v) is 4.72. The van der Waals surface area contributed by atoms with Crippen molar-refractivity contribution in [2.75, 3.05) is 5.73 Å². The van der Waals surface area contributed by atoms with Crippen molar-refractivity contribution in [1.82, 2.24) is 0 Å². The minimum Gasteiger partial charge on any atom is -0.398 e. The molecular weight excluding hydrogens is 198 g/mol. The molecule has 0 aromatic heterocycles. The first kappa shape index (κ1) is 11.2. The van der Waals surface area contributed by atoms with Crippen molar-refractivity contribution in [3.05, 3.63) is 29.8 Å². The summed E-state index contributed by atoms with van der Waals surface area (Å²) in [6, 6.07) is 7.38. The molecule has 0 bridgehead atoms. The van der Waals surface area contributed by atoms with E-state index in [0.717, 1.165) is 0 Å². The molecule has 0 radical (unpaired) electrons. The molecule has 0 saturated heterocycles. The standard InChI is InChI=1S/C14H19NO/c15-13-9-5-4-8-12(13)14(16)10-11-6-2-1-3-7-11/h4-5,8-9,11H,1-3,6-7,10,15H2. The van der Waals surface area contributed by atoms with Crippen LogP contribution in [0.3, 0.4) is 0 Å². The first-order chi connectivity index (χ1) is 7.77. The van der Waals surface area contributed by atoms with Crippen molar-refractivity contribution in [3.8, 4) is 0 Å². The molecule has 1 fully saturated rings. The molecule has 0 aliphatic heterocycles. The zero-order valence-electron chi connectivity index (χ0n) is 9.61. The van der Waals surface area contributed by atoms with E-state index in [0.29, 0.717) is 23.6 Å². The lowest BCUT2D eigenvalue weighted by Gasteiger charge is -2.20. The number of carbonyl (C=O) groups excluding carboxylic acids is 1. The van der Waals surface area contributed by atoms with Crippen LogP contribution in [0.25, 0.3) is 0 Å². The van der Waals surface area contributed by atoms with Crippen molar-refractivity contribution in [3.63, 3.8) is 0 Å². The van der Waals surface area contributed by atoms with E-state index in [-0.39, 0.29) is 5.78 Å². The molecule has 16 heavy (non-hydrogen) atoms. The fraction of sp³-hybridized carbons (Fsp3) is 0.500. The summed E-state index contributed by atoms with van der Waals surface area (Å²) < 4.78 is 0. The number of hydrogen-bond donors (Lipinski definition) is 1. The van der Waals surface area contributed by atoms with Crippen LogP contribution in [0.1, 0.15) is 48.9 Å². The Morgan fingerprint density at radius 1 is 1.19 bits per heavy atom. The third-order valence-electron chi connectivity index (χ3n) is 3.46. The van der Waals surface area contributed by atoms with Gasteiger partial charge in [0, 0.05) is 17.7 Å². The molecule has 0 heterocycles. The van der Waals surface area contributed by atoms with Crippen molar-refractivity contribution in [2.24, 2.45) is 5.92 Å². The predicted molar refractivity (Wildman–Crippen MR) is 66.4 cm³/mol. The van der Waals surface area contributed by atoms with Crippen LogP contribution in [0.15, 0.2) is 24.3 Å². The highest BCUT2D eigenvalue weighted by atomic mass is 16.1. The highest BCUT2D eigenvalue weighted by Gasteiger charge is 2.18. The number of nitrogens with two attached hydrogens (primary N) is 1. The lowest BCUT2D eigenvalue weighted by molar-refractivity contribution is 0.0951. The van der Waals surface area contributed by atoms with E-state index in [1.54, 1.807) is 6.07 Å². The van der Waals surface area contributed by atoms with E-state index < -0.39 is 0 Å². The summed E-state index contributed by atoms with van der Waals surface area (Å²) in [4.78, 5) is 12.1. The molecule has 1 aromatic carbocycles. The van der Waals surface area contributed by atoms with Crippen LogP contribution < -0.4 is 5.73 Å². The van der Waals surface area contributed by atoms with E-state index in [4.69, 9.17) is 5.73 Å². The maximum Gasteiger partial charge on any atom is 0.165 e. The van der Waals surface area contributed by atoms with Gasteiger partial charge in [0.1, 0.15) is 0 Å². The molecule has 1 saturated carbocycles. The van der Waals surface area contributed by atoms with E-state index in [9.17, 15) is 4.79 Å². The van der Waals surface area contributed by atoms with Crippen LogP contribution in [-0.2, 0) is 0 Å². The number of anilines is 1. The minimum absolute atomic E-state index is 0.213. The predicted octanol–water partition coefficient (Wildman–Crippen LogP) is 3.42. The number of hydrogen-bond acceptors (Lipinski definition) is 2. The maximum absolute atomic E-state index is 12.1. The fourth-order valence-electron chi connectivity index (χ4n) is 2.51. The Bertz CT molecular complexity index is 367. The first-order valence-corrected chi connectivity index (χ1v) is 6.15. The Balaban J connectivity index is 2.00. The number of Topliss-reactive ketones (excluding diaryl/α,β-unsaturated/α-hetero) is 1. The largest absolute Gasteiger partial charge is 0.398 e. The highest BCUT2D eigenvalue weighted by molar-refractivity contribution is 6.00. The molecule has 0 atom stereocenters. The van der Waals surface area contributed by atoms with E-state index in [2.05, 4.69) is 0 Å². The second kappa shape index (κ2) is 5.15. The molecular formula is C14H19NO. The van der Waals surface area contributed by atoms with E-state index in [1.165, 1.54) is 32.1 Å². The molecule has 1 aromatic rings. The summed E-state index contributed by atoms with van der Waals surface area (Å²) in [7, 11) is 0. The zero-order chi connectivity index (χ0) is 11.4. The SMILES string of the molecule is Nc1ccccc1C(=O)CC1CCCCC1. The van der Waals surface area contributed by atoms with Crippen molar-refractivity contribution in [2.45, 2.75) is 38.5 Å². The van der Waals surface area contributed by atoms with Crippen LogP contribution in [0.4, 0.5) is 5.69 Å². The third kappa shape index (κ3) is 2.63. The van der Waals surface area contributed by atoms with Gasteiger partial charge in [-0.2, -0.15) is 0 Å². The molecule has 0 unspecified atom stereocenters. The van der Waals surface area contributed by atoms with Crippen molar-refractivity contribution in [1.29, 1.82) is 0 Å². The normalized spacial score (nSPS) is 17.2. The van der Waals surface area contributed by atoms with Crippen molar-refractivity contribution >= 4 is 11.5 Å². The quantitative estimate of drug-likeness (QED) is 0.622. The van der Waals surface area contributed by atoms with Gasteiger partial charge in [-0.15, -0.1) is 0 Å². The van der Waals surface area contributed by atoms with Crippen LogP contribution >= 0.6 is 0 Å². The molecule has 0 amide bonds. The number of benzene rings is 1. The smallest absolute Gasteiger partial charge is 0.165 e. The number of carbonyl (C=O) groups is 1. The summed E-state index contributed by atoms with van der Waals surface area (Å²) in [5.74, 6) is 0.797. The number of para-hydroxylation sites is 1. The van der Waals surface area contributed by atoms with E-state index >= 15 is 0 Å². The van der Waals surface area contributed by atoms with Crippen LogP contribution in [0.2, 0.25) is 0 Å².